The van der Waals surface area contributed by atoms with E-state index in [0.29, 0.717) is 29.3 Å². The van der Waals surface area contributed by atoms with E-state index in [1.165, 1.54) is 6.07 Å². The van der Waals surface area contributed by atoms with Crippen LogP contribution in [0.15, 0.2) is 48.4 Å². The van der Waals surface area contributed by atoms with Crippen LogP contribution < -0.4 is 10.1 Å². The first-order valence-electron chi connectivity index (χ1n) is 10.7. The molecule has 0 aliphatic carbocycles. The van der Waals surface area contributed by atoms with Gasteiger partial charge in [0.1, 0.15) is 6.54 Å². The number of ether oxygens (including phenoxy) is 1. The van der Waals surface area contributed by atoms with E-state index in [1.54, 1.807) is 34.6 Å². The number of hydrogen-bond donors (Lipinski definition) is 1. The SMILES string of the molecule is CN(C)CCCOc1ccc(-c2cnc3c(-c4csc(C(=O)NCC(F)(F)F)c4)cnn3c2)cn1. The summed E-state index contributed by atoms with van der Waals surface area (Å²) in [6.07, 6.45) is 3.26. The van der Waals surface area contributed by atoms with Crippen molar-refractivity contribution in [3.05, 3.63) is 53.2 Å². The van der Waals surface area contributed by atoms with E-state index in [2.05, 4.69) is 20.0 Å². The Bertz CT molecular complexity index is 1300. The number of nitrogens with zero attached hydrogens (tertiary/aromatic N) is 5. The number of alkyl halides is 3. The van der Waals surface area contributed by atoms with E-state index in [9.17, 15) is 18.0 Å². The van der Waals surface area contributed by atoms with Crippen molar-refractivity contribution >= 4 is 22.9 Å². The first-order chi connectivity index (χ1) is 16.7. The van der Waals surface area contributed by atoms with Gasteiger partial charge in [-0.25, -0.2) is 14.5 Å². The number of halogens is 3. The topological polar surface area (TPSA) is 84.6 Å². The summed E-state index contributed by atoms with van der Waals surface area (Å²) >= 11 is 1.06. The van der Waals surface area contributed by atoms with Crippen LogP contribution in [0.3, 0.4) is 0 Å². The second kappa shape index (κ2) is 10.4. The van der Waals surface area contributed by atoms with Crippen LogP contribution in [0.5, 0.6) is 5.88 Å². The van der Waals surface area contributed by atoms with Crippen molar-refractivity contribution in [3.63, 3.8) is 0 Å². The van der Waals surface area contributed by atoms with Gasteiger partial charge in [0.2, 0.25) is 5.88 Å². The minimum absolute atomic E-state index is 0.176. The van der Waals surface area contributed by atoms with Gasteiger partial charge in [0.05, 0.1) is 17.7 Å². The van der Waals surface area contributed by atoms with Crippen LogP contribution in [-0.2, 0) is 0 Å². The first kappa shape index (κ1) is 24.6. The second-order valence-corrected chi connectivity index (χ2v) is 8.97. The average molecular weight is 505 g/mol. The molecule has 0 aromatic carbocycles. The summed E-state index contributed by atoms with van der Waals surface area (Å²) in [6.45, 7) is 0.147. The van der Waals surface area contributed by atoms with Crippen LogP contribution in [0.25, 0.3) is 27.9 Å². The lowest BCUT2D eigenvalue weighted by Gasteiger charge is -2.10. The molecule has 4 aromatic rings. The molecule has 0 aliphatic rings. The van der Waals surface area contributed by atoms with E-state index >= 15 is 0 Å². The summed E-state index contributed by atoms with van der Waals surface area (Å²) in [5.41, 5.74) is 3.53. The molecule has 8 nitrogen and oxygen atoms in total. The predicted octanol–water partition coefficient (Wildman–Crippen LogP) is 4.14. The summed E-state index contributed by atoms with van der Waals surface area (Å²) < 4.78 is 44.3. The molecular weight excluding hydrogens is 481 g/mol. The van der Waals surface area contributed by atoms with E-state index < -0.39 is 18.6 Å². The third-order valence-corrected chi connectivity index (χ3v) is 5.94. The Morgan fingerprint density at radius 1 is 1.14 bits per heavy atom. The van der Waals surface area contributed by atoms with Crippen LogP contribution >= 0.6 is 11.3 Å². The highest BCUT2D eigenvalue weighted by atomic mass is 32.1. The lowest BCUT2D eigenvalue weighted by Crippen LogP contribution is -2.33. The van der Waals surface area contributed by atoms with Crippen LogP contribution in [0.1, 0.15) is 16.1 Å². The Morgan fingerprint density at radius 3 is 2.66 bits per heavy atom. The quantitative estimate of drug-likeness (QED) is 0.345. The van der Waals surface area contributed by atoms with Gasteiger partial charge in [-0.3, -0.25) is 4.79 Å². The van der Waals surface area contributed by atoms with Crippen molar-refractivity contribution in [2.75, 3.05) is 33.8 Å². The fraction of sp³-hybridized carbons (Fsp3) is 0.304. The predicted molar refractivity (Wildman–Crippen MR) is 127 cm³/mol. The largest absolute Gasteiger partial charge is 0.478 e. The molecule has 0 fully saturated rings. The number of pyridine rings is 1. The van der Waals surface area contributed by atoms with Gasteiger partial charge in [0.15, 0.2) is 5.65 Å². The average Bonchev–Trinajstić information content (AvgIpc) is 3.47. The highest BCUT2D eigenvalue weighted by Crippen LogP contribution is 2.29. The minimum atomic E-state index is -4.46. The van der Waals surface area contributed by atoms with Crippen molar-refractivity contribution in [1.82, 2.24) is 29.8 Å². The number of hydrogen-bond acceptors (Lipinski definition) is 7. The third kappa shape index (κ3) is 6.34. The van der Waals surface area contributed by atoms with Gasteiger partial charge in [-0.05, 0) is 43.6 Å². The smallest absolute Gasteiger partial charge is 0.405 e. The molecule has 12 heteroatoms. The number of nitrogens with one attached hydrogen (secondary N) is 1. The molecule has 0 saturated heterocycles. The number of thiophene rings is 1. The van der Waals surface area contributed by atoms with Crippen molar-refractivity contribution in [1.29, 1.82) is 0 Å². The van der Waals surface area contributed by atoms with Crippen molar-refractivity contribution in [2.45, 2.75) is 12.6 Å². The molecule has 0 bridgehead atoms. The maximum Gasteiger partial charge on any atom is 0.405 e. The van der Waals surface area contributed by atoms with Crippen molar-refractivity contribution in [3.8, 4) is 28.1 Å². The molecule has 1 amide bonds. The maximum absolute atomic E-state index is 12.4. The van der Waals surface area contributed by atoms with Crippen LogP contribution in [0, 0.1) is 0 Å². The van der Waals surface area contributed by atoms with Crippen LogP contribution in [0.4, 0.5) is 13.2 Å². The molecule has 0 radical (unpaired) electrons. The molecule has 0 spiro atoms. The van der Waals surface area contributed by atoms with Gasteiger partial charge in [-0.15, -0.1) is 11.3 Å². The zero-order valence-electron chi connectivity index (χ0n) is 19.0. The van der Waals surface area contributed by atoms with Crippen LogP contribution in [0.2, 0.25) is 0 Å². The van der Waals surface area contributed by atoms with Gasteiger partial charge in [0, 0.05) is 47.9 Å². The molecule has 1 N–H and O–H groups in total. The summed E-state index contributed by atoms with van der Waals surface area (Å²) in [6, 6.07) is 5.23. The van der Waals surface area contributed by atoms with Crippen molar-refractivity contribution in [2.24, 2.45) is 0 Å². The molecule has 4 aromatic heterocycles. The Kier molecular flexibility index (Phi) is 7.31. The molecule has 4 rings (SSSR count). The van der Waals surface area contributed by atoms with Gasteiger partial charge >= 0.3 is 6.18 Å². The van der Waals surface area contributed by atoms with Gasteiger partial charge in [-0.2, -0.15) is 18.3 Å². The first-order valence-corrected chi connectivity index (χ1v) is 11.6. The van der Waals surface area contributed by atoms with E-state index in [-0.39, 0.29) is 4.88 Å². The highest BCUT2D eigenvalue weighted by Gasteiger charge is 2.28. The summed E-state index contributed by atoms with van der Waals surface area (Å²) in [4.78, 5) is 23.1. The monoisotopic (exact) mass is 504 g/mol. The fourth-order valence-corrected chi connectivity index (χ4v) is 4.11. The minimum Gasteiger partial charge on any atom is -0.478 e. The molecule has 184 valence electrons. The number of carbonyl (C=O) groups is 1. The number of aromatic nitrogens is 4. The highest BCUT2D eigenvalue weighted by molar-refractivity contribution is 7.12. The molecule has 0 unspecified atom stereocenters. The zero-order valence-corrected chi connectivity index (χ0v) is 19.9. The van der Waals surface area contributed by atoms with E-state index in [4.69, 9.17) is 4.74 Å². The lowest BCUT2D eigenvalue weighted by molar-refractivity contribution is -0.123. The number of fused-ring (bicyclic) bond motifs is 1. The maximum atomic E-state index is 12.4. The van der Waals surface area contributed by atoms with Crippen LogP contribution in [-0.4, -0.2) is 70.4 Å². The third-order valence-electron chi connectivity index (χ3n) is 5.01. The number of carbonyl (C=O) groups excluding carboxylic acids is 1. The zero-order chi connectivity index (χ0) is 25.0. The number of rotatable bonds is 9. The Hall–Kier alpha value is -3.51. The summed E-state index contributed by atoms with van der Waals surface area (Å²) in [5, 5.41) is 7.91. The summed E-state index contributed by atoms with van der Waals surface area (Å²) in [7, 11) is 4.03. The molecule has 0 saturated carbocycles. The van der Waals surface area contributed by atoms with Gasteiger partial charge in [-0.1, -0.05) is 0 Å². The van der Waals surface area contributed by atoms with Gasteiger partial charge in [0.25, 0.3) is 5.91 Å². The van der Waals surface area contributed by atoms with E-state index in [0.717, 1.165) is 35.4 Å². The molecule has 0 atom stereocenters. The Labute approximate surface area is 203 Å². The lowest BCUT2D eigenvalue weighted by atomic mass is 10.1. The standard InChI is InChI=1S/C23H23F3N6O2S/c1-31(2)6-3-7-34-20-5-4-15(9-27-20)17-10-28-21-18(11-30-32(21)12-17)16-8-19(35-13-16)22(33)29-14-23(24,25)26/h4-5,8-13H,3,6-7,14H2,1-2H3,(H,29,33). The molecular formula is C23H23F3N6O2S. The van der Waals surface area contributed by atoms with Gasteiger partial charge < -0.3 is 15.0 Å². The normalized spacial score (nSPS) is 11.8. The Morgan fingerprint density at radius 2 is 1.94 bits per heavy atom. The van der Waals surface area contributed by atoms with E-state index in [1.807, 2.05) is 31.7 Å². The molecule has 0 aliphatic heterocycles. The second-order valence-electron chi connectivity index (χ2n) is 8.06. The van der Waals surface area contributed by atoms with Crippen molar-refractivity contribution < 1.29 is 22.7 Å². The number of amides is 1. The molecule has 35 heavy (non-hydrogen) atoms. The molecule has 4 heterocycles. The fourth-order valence-electron chi connectivity index (χ4n) is 3.29. The Balaban J connectivity index is 1.45. The summed E-state index contributed by atoms with van der Waals surface area (Å²) in [5.74, 6) is -0.224.